The fraction of sp³-hybridized carbons (Fsp3) is 0.270. The molecule has 262 valence electrons. The topological polar surface area (TPSA) is 104 Å². The number of benzene rings is 4. The van der Waals surface area contributed by atoms with Crippen LogP contribution in [0.4, 0.5) is 33.3 Å². The number of primary amides is 1. The third kappa shape index (κ3) is 6.72. The summed E-state index contributed by atoms with van der Waals surface area (Å²) in [7, 11) is 0. The average Bonchev–Trinajstić information content (AvgIpc) is 3.41. The van der Waals surface area contributed by atoms with Crippen molar-refractivity contribution in [3.05, 3.63) is 128 Å². The minimum atomic E-state index is -2.29. The minimum absolute atomic E-state index is 0.219. The van der Waals surface area contributed by atoms with Crippen LogP contribution in [0.15, 0.2) is 59.4 Å². The fourth-order valence-electron chi connectivity index (χ4n) is 6.28. The lowest BCUT2D eigenvalue weighted by Gasteiger charge is -2.25. The molecular weight excluding hydrogens is 657 g/mol. The molecule has 1 aromatic heterocycles. The van der Waals surface area contributed by atoms with Crippen molar-refractivity contribution in [1.82, 2.24) is 9.55 Å². The summed E-state index contributed by atoms with van der Waals surface area (Å²) in [6, 6.07) is 15.7. The van der Waals surface area contributed by atoms with Crippen molar-refractivity contribution >= 4 is 34.2 Å². The molecule has 0 saturated heterocycles. The number of H-pyrrole nitrogens is 1. The molecule has 0 unspecified atom stereocenters. The van der Waals surface area contributed by atoms with Crippen molar-refractivity contribution in [3.63, 3.8) is 0 Å². The molecule has 0 aliphatic carbocycles. The number of nitrogens with zero attached hydrogens (tertiary/aromatic N) is 3. The van der Waals surface area contributed by atoms with E-state index in [0.717, 1.165) is 34.5 Å². The first kappa shape index (κ1) is 35.8. The van der Waals surface area contributed by atoms with E-state index in [1.54, 1.807) is 49.4 Å². The lowest BCUT2D eigenvalue weighted by Crippen LogP contribution is -2.39. The Morgan fingerprint density at radius 2 is 1.38 bits per heavy atom. The van der Waals surface area contributed by atoms with Gasteiger partial charge < -0.3 is 15.6 Å². The van der Waals surface area contributed by atoms with Crippen LogP contribution in [0.5, 0.6) is 0 Å². The molecule has 50 heavy (non-hydrogen) atoms. The predicted molar refractivity (Wildman–Crippen MR) is 182 cm³/mol. The molecule has 0 bridgehead atoms. The van der Waals surface area contributed by atoms with E-state index in [0.29, 0.717) is 27.9 Å². The van der Waals surface area contributed by atoms with E-state index in [4.69, 9.17) is 5.73 Å². The average molecular weight is 694 g/mol. The van der Waals surface area contributed by atoms with Crippen molar-refractivity contribution in [1.29, 1.82) is 0 Å². The van der Waals surface area contributed by atoms with Crippen LogP contribution in [-0.2, 0) is 24.2 Å². The Morgan fingerprint density at radius 1 is 0.800 bits per heavy atom. The van der Waals surface area contributed by atoms with Crippen molar-refractivity contribution in [2.75, 3.05) is 29.4 Å². The van der Waals surface area contributed by atoms with Gasteiger partial charge in [-0.25, -0.2) is 26.7 Å². The molecule has 4 aromatic carbocycles. The van der Waals surface area contributed by atoms with Gasteiger partial charge in [-0.15, -0.1) is 0 Å². The van der Waals surface area contributed by atoms with Crippen LogP contribution < -0.4 is 21.2 Å². The van der Waals surface area contributed by atoms with Gasteiger partial charge in [0.15, 0.2) is 23.3 Å². The van der Waals surface area contributed by atoms with E-state index in [9.17, 15) is 36.3 Å². The molecule has 2 amide bonds. The summed E-state index contributed by atoms with van der Waals surface area (Å²) in [5, 5.41) is 0. The van der Waals surface area contributed by atoms with Crippen molar-refractivity contribution in [3.8, 4) is 0 Å². The zero-order valence-corrected chi connectivity index (χ0v) is 28.0. The molecule has 1 heterocycles. The Bertz CT molecular complexity index is 2130. The second kappa shape index (κ2) is 14.6. The Labute approximate surface area is 284 Å². The standard InChI is InChI=1S/C37H36F5N5O3/c1-5-45(6-2)23-12-14-24(15-13-23)46(19-29(43)48)36(49)26-10-8-7-9-22(26)11-16-25-21(4)20(3)17-28-35(25)47(37(50)44-28)18-27-30(38)32(40)34(42)33(41)31(27)39/h7-10,12-15,17H,5-6,11,16,18-19H2,1-4H3,(H2,43,48)(H,44,50). The van der Waals surface area contributed by atoms with Crippen LogP contribution in [0, 0.1) is 42.9 Å². The predicted octanol–water partition coefficient (Wildman–Crippen LogP) is 6.45. The van der Waals surface area contributed by atoms with Crippen LogP contribution in [-0.4, -0.2) is 41.0 Å². The van der Waals surface area contributed by atoms with Crippen molar-refractivity contribution in [2.24, 2.45) is 5.73 Å². The number of aromatic amines is 1. The number of anilines is 2. The van der Waals surface area contributed by atoms with Crippen LogP contribution in [0.25, 0.3) is 11.0 Å². The highest BCUT2D eigenvalue weighted by Gasteiger charge is 2.28. The molecule has 0 spiro atoms. The van der Waals surface area contributed by atoms with E-state index in [2.05, 4.69) is 9.88 Å². The molecule has 5 aromatic rings. The van der Waals surface area contributed by atoms with Crippen molar-refractivity contribution in [2.45, 2.75) is 47.1 Å². The number of nitrogens with one attached hydrogen (secondary N) is 1. The smallest absolute Gasteiger partial charge is 0.326 e. The number of imidazole rings is 1. The van der Waals surface area contributed by atoms with Crippen LogP contribution in [0.3, 0.4) is 0 Å². The Balaban J connectivity index is 1.53. The number of hydrogen-bond acceptors (Lipinski definition) is 4. The zero-order valence-electron chi connectivity index (χ0n) is 28.0. The fourth-order valence-corrected chi connectivity index (χ4v) is 6.28. The number of fused-ring (bicyclic) bond motifs is 1. The van der Waals surface area contributed by atoms with Crippen LogP contribution >= 0.6 is 0 Å². The van der Waals surface area contributed by atoms with Gasteiger partial charge in [0, 0.05) is 35.6 Å². The lowest BCUT2D eigenvalue weighted by atomic mass is 9.93. The number of hydrogen-bond donors (Lipinski definition) is 2. The number of aromatic nitrogens is 2. The van der Waals surface area contributed by atoms with E-state index in [1.165, 1.54) is 4.90 Å². The summed E-state index contributed by atoms with van der Waals surface area (Å²) in [6.45, 7) is 7.94. The Hall–Kier alpha value is -5.46. The highest BCUT2D eigenvalue weighted by atomic mass is 19.2. The summed E-state index contributed by atoms with van der Waals surface area (Å²) < 4.78 is 72.2. The van der Waals surface area contributed by atoms with Crippen LogP contribution in [0.1, 0.15) is 52.0 Å². The van der Waals surface area contributed by atoms with Crippen LogP contribution in [0.2, 0.25) is 0 Å². The second-order valence-electron chi connectivity index (χ2n) is 12.0. The third-order valence-electron chi connectivity index (χ3n) is 9.06. The van der Waals surface area contributed by atoms with Gasteiger partial charge >= 0.3 is 5.69 Å². The molecule has 8 nitrogen and oxygen atoms in total. The quantitative estimate of drug-likeness (QED) is 0.0891. The van der Waals surface area contributed by atoms with E-state index in [1.807, 2.05) is 32.9 Å². The highest BCUT2D eigenvalue weighted by Crippen LogP contribution is 2.30. The summed E-state index contributed by atoms with van der Waals surface area (Å²) in [5.41, 5.74) is 8.56. The summed E-state index contributed by atoms with van der Waals surface area (Å²) in [4.78, 5) is 45.4. The van der Waals surface area contributed by atoms with Gasteiger partial charge in [0.2, 0.25) is 11.7 Å². The number of amides is 2. The monoisotopic (exact) mass is 693 g/mol. The van der Waals surface area contributed by atoms with Gasteiger partial charge in [0.1, 0.15) is 6.54 Å². The zero-order chi connectivity index (χ0) is 36.4. The lowest BCUT2D eigenvalue weighted by molar-refractivity contribution is -0.116. The molecule has 0 radical (unpaired) electrons. The molecule has 0 fully saturated rings. The number of rotatable bonds is 12. The van der Waals surface area contributed by atoms with E-state index < -0.39 is 58.7 Å². The van der Waals surface area contributed by atoms with Gasteiger partial charge in [-0.1, -0.05) is 18.2 Å². The normalized spacial score (nSPS) is 11.3. The third-order valence-corrected chi connectivity index (χ3v) is 9.06. The molecule has 0 atom stereocenters. The maximum Gasteiger partial charge on any atom is 0.326 e. The Kier molecular flexibility index (Phi) is 10.4. The maximum absolute atomic E-state index is 14.7. The van der Waals surface area contributed by atoms with E-state index in [-0.39, 0.29) is 24.9 Å². The molecule has 13 heteroatoms. The SMILES string of the molecule is CCN(CC)c1ccc(N(CC(N)=O)C(=O)c2ccccc2CCc2c(C)c(C)cc3[nH]c(=O)n(Cc4c(F)c(F)c(F)c(F)c4F)c23)cc1. The molecule has 0 aliphatic heterocycles. The number of carbonyl (C=O) groups is 2. The summed E-state index contributed by atoms with van der Waals surface area (Å²) in [6.07, 6.45) is 0.464. The number of halogens is 5. The van der Waals surface area contributed by atoms with Crippen molar-refractivity contribution < 1.29 is 31.5 Å². The second-order valence-corrected chi connectivity index (χ2v) is 12.0. The Morgan fingerprint density at radius 3 is 1.98 bits per heavy atom. The van der Waals surface area contributed by atoms with Gasteiger partial charge in [-0.3, -0.25) is 19.1 Å². The molecule has 0 aliphatic rings. The maximum atomic E-state index is 14.7. The van der Waals surface area contributed by atoms with Gasteiger partial charge in [-0.2, -0.15) is 0 Å². The number of aryl methyl sites for hydroxylation is 3. The molecule has 3 N–H and O–H groups in total. The highest BCUT2D eigenvalue weighted by molar-refractivity contribution is 6.09. The summed E-state index contributed by atoms with van der Waals surface area (Å²) in [5.74, 6) is -11.7. The summed E-state index contributed by atoms with van der Waals surface area (Å²) >= 11 is 0. The molecule has 0 saturated carbocycles. The van der Waals surface area contributed by atoms with Gasteiger partial charge in [-0.05, 0) is 99.2 Å². The van der Waals surface area contributed by atoms with E-state index >= 15 is 0 Å². The first-order chi connectivity index (χ1) is 23.8. The minimum Gasteiger partial charge on any atom is -0.372 e. The first-order valence-corrected chi connectivity index (χ1v) is 16.0. The molecule has 5 rings (SSSR count). The number of carbonyl (C=O) groups excluding carboxylic acids is 2. The van der Waals surface area contributed by atoms with Gasteiger partial charge in [0.25, 0.3) is 5.91 Å². The van der Waals surface area contributed by atoms with Gasteiger partial charge in [0.05, 0.1) is 17.6 Å². The number of nitrogens with two attached hydrogens (primary N) is 1. The largest absolute Gasteiger partial charge is 0.372 e. The first-order valence-electron chi connectivity index (χ1n) is 16.0. The molecular formula is C37H36F5N5O3.